The van der Waals surface area contributed by atoms with Crippen molar-refractivity contribution in [1.82, 2.24) is 20.5 Å². The fourth-order valence-electron chi connectivity index (χ4n) is 4.05. The predicted octanol–water partition coefficient (Wildman–Crippen LogP) is 4.09. The summed E-state index contributed by atoms with van der Waals surface area (Å²) in [4.78, 5) is 14.3. The molecule has 1 aromatic heterocycles. The van der Waals surface area contributed by atoms with Gasteiger partial charge in [-0.25, -0.2) is 9.98 Å². The molecule has 0 unspecified atom stereocenters. The summed E-state index contributed by atoms with van der Waals surface area (Å²) in [6, 6.07) is 11.0. The molecule has 1 saturated heterocycles. The van der Waals surface area contributed by atoms with Crippen LogP contribution in [0.3, 0.4) is 0 Å². The zero-order valence-corrected chi connectivity index (χ0v) is 22.0. The molecule has 2 N–H and O–H groups in total. The largest absolute Gasteiger partial charge is 0.363 e. The maximum absolute atomic E-state index is 4.93. The average molecular weight is 539 g/mol. The highest BCUT2D eigenvalue weighted by molar-refractivity contribution is 14.0. The number of aromatic nitrogens is 1. The second-order valence-electron chi connectivity index (χ2n) is 8.86. The lowest BCUT2D eigenvalue weighted by molar-refractivity contribution is 0.187. The molecule has 3 rings (SSSR count). The lowest BCUT2D eigenvalue weighted by Crippen LogP contribution is -2.49. The molecule has 31 heavy (non-hydrogen) atoms. The number of fused-ring (bicyclic) bond motifs is 1. The first-order valence-electron chi connectivity index (χ1n) is 11.3. The number of nitrogens with one attached hydrogen (secondary N) is 2. The van der Waals surface area contributed by atoms with Gasteiger partial charge in [-0.15, -0.1) is 24.0 Å². The van der Waals surface area contributed by atoms with Crippen molar-refractivity contribution in [2.45, 2.75) is 46.2 Å². The van der Waals surface area contributed by atoms with Crippen LogP contribution in [0.4, 0.5) is 5.82 Å². The zero-order valence-electron chi connectivity index (χ0n) is 19.7. The average Bonchev–Trinajstić information content (AvgIpc) is 2.72. The Morgan fingerprint density at radius 1 is 1.23 bits per heavy atom. The molecule has 0 atom stereocenters. The molecule has 7 heteroatoms. The van der Waals surface area contributed by atoms with Crippen molar-refractivity contribution in [2.75, 3.05) is 45.2 Å². The Hall–Kier alpha value is -1.61. The molecule has 0 radical (unpaired) electrons. The summed E-state index contributed by atoms with van der Waals surface area (Å²) in [5.74, 6) is 2.61. The van der Waals surface area contributed by atoms with Gasteiger partial charge < -0.3 is 20.4 Å². The Balaban J connectivity index is 0.00000341. The minimum absolute atomic E-state index is 0. The smallest absolute Gasteiger partial charge is 0.191 e. The molecule has 1 aliphatic heterocycles. The monoisotopic (exact) mass is 538 g/mol. The molecule has 0 bridgehead atoms. The topological polar surface area (TPSA) is 55.8 Å². The van der Waals surface area contributed by atoms with Gasteiger partial charge in [0.05, 0.1) is 12.1 Å². The van der Waals surface area contributed by atoms with E-state index in [1.807, 2.05) is 25.1 Å². The Labute approximate surface area is 204 Å². The van der Waals surface area contributed by atoms with Crippen molar-refractivity contribution in [1.29, 1.82) is 0 Å². The molecular weight excluding hydrogens is 499 g/mol. The van der Waals surface area contributed by atoms with Gasteiger partial charge in [-0.3, -0.25) is 0 Å². The van der Waals surface area contributed by atoms with Crippen molar-refractivity contribution < 1.29 is 0 Å². The van der Waals surface area contributed by atoms with E-state index in [-0.39, 0.29) is 24.0 Å². The van der Waals surface area contributed by atoms with Crippen LogP contribution in [-0.2, 0) is 6.54 Å². The van der Waals surface area contributed by atoms with Gasteiger partial charge in [0.15, 0.2) is 5.96 Å². The van der Waals surface area contributed by atoms with E-state index in [4.69, 9.17) is 9.98 Å². The second-order valence-corrected chi connectivity index (χ2v) is 8.86. The van der Waals surface area contributed by atoms with E-state index in [2.05, 4.69) is 60.6 Å². The van der Waals surface area contributed by atoms with Gasteiger partial charge >= 0.3 is 0 Å². The lowest BCUT2D eigenvalue weighted by Gasteiger charge is -2.34. The number of guanidine groups is 1. The quantitative estimate of drug-likeness (QED) is 0.316. The molecule has 1 aliphatic rings. The van der Waals surface area contributed by atoms with Crippen LogP contribution in [-0.4, -0.2) is 62.2 Å². The fraction of sp³-hybridized carbons (Fsp3) is 0.583. The number of rotatable bonds is 7. The second kappa shape index (κ2) is 12.4. The molecule has 2 heterocycles. The van der Waals surface area contributed by atoms with Gasteiger partial charge in [-0.1, -0.05) is 32.0 Å². The van der Waals surface area contributed by atoms with Crippen LogP contribution in [0.15, 0.2) is 35.3 Å². The molecule has 0 amide bonds. The van der Waals surface area contributed by atoms with Crippen LogP contribution in [0.2, 0.25) is 0 Å². The SMILES string of the molecule is CCNC(=NCc1cc(N(C)C)nc2ccccc12)NC1CCN(CC(C)C)CC1.I. The number of anilines is 1. The van der Waals surface area contributed by atoms with E-state index in [0.29, 0.717) is 12.6 Å². The van der Waals surface area contributed by atoms with Gasteiger partial charge in [0.1, 0.15) is 5.82 Å². The summed E-state index contributed by atoms with van der Waals surface area (Å²) < 4.78 is 0. The minimum Gasteiger partial charge on any atom is -0.363 e. The summed E-state index contributed by atoms with van der Waals surface area (Å²) in [7, 11) is 4.06. The molecule has 0 spiro atoms. The van der Waals surface area contributed by atoms with Crippen LogP contribution in [0, 0.1) is 5.92 Å². The predicted molar refractivity (Wildman–Crippen MR) is 144 cm³/mol. The van der Waals surface area contributed by atoms with Crippen molar-refractivity contribution in [2.24, 2.45) is 10.9 Å². The maximum Gasteiger partial charge on any atom is 0.191 e. The highest BCUT2D eigenvalue weighted by Gasteiger charge is 2.20. The van der Waals surface area contributed by atoms with E-state index in [1.165, 1.54) is 30.3 Å². The van der Waals surface area contributed by atoms with Crippen molar-refractivity contribution >= 4 is 46.7 Å². The Bertz CT molecular complexity index is 843. The molecule has 0 saturated carbocycles. The van der Waals surface area contributed by atoms with E-state index in [9.17, 15) is 0 Å². The van der Waals surface area contributed by atoms with Crippen LogP contribution in [0.5, 0.6) is 0 Å². The van der Waals surface area contributed by atoms with Crippen LogP contribution < -0.4 is 15.5 Å². The molecule has 0 aliphatic carbocycles. The third-order valence-electron chi connectivity index (χ3n) is 5.55. The first-order chi connectivity index (χ1) is 14.5. The Morgan fingerprint density at radius 2 is 1.94 bits per heavy atom. The number of pyridine rings is 1. The first-order valence-corrected chi connectivity index (χ1v) is 11.3. The molecular formula is C24H39IN6. The van der Waals surface area contributed by atoms with E-state index in [1.54, 1.807) is 0 Å². The van der Waals surface area contributed by atoms with Crippen molar-refractivity contribution in [3.63, 3.8) is 0 Å². The standard InChI is InChI=1S/C24H38N6.HI/c1-6-25-24(27-20-11-13-30(14-12-20)17-18(2)3)26-16-19-15-23(29(4)5)28-22-10-8-7-9-21(19)22;/h7-10,15,18,20H,6,11-14,16-17H2,1-5H3,(H2,25,26,27);1H. The number of para-hydroxylation sites is 1. The van der Waals surface area contributed by atoms with Crippen LogP contribution in [0.1, 0.15) is 39.2 Å². The van der Waals surface area contributed by atoms with Crippen molar-refractivity contribution in [3.05, 3.63) is 35.9 Å². The Morgan fingerprint density at radius 3 is 2.58 bits per heavy atom. The molecule has 6 nitrogen and oxygen atoms in total. The number of aliphatic imine (C=N–C) groups is 1. The highest BCUT2D eigenvalue weighted by atomic mass is 127. The fourth-order valence-corrected chi connectivity index (χ4v) is 4.05. The normalized spacial score (nSPS) is 15.7. The summed E-state index contributed by atoms with van der Waals surface area (Å²) in [5, 5.41) is 8.27. The van der Waals surface area contributed by atoms with Crippen LogP contribution >= 0.6 is 24.0 Å². The van der Waals surface area contributed by atoms with E-state index >= 15 is 0 Å². The van der Waals surface area contributed by atoms with Gasteiger partial charge in [0, 0.05) is 51.7 Å². The van der Waals surface area contributed by atoms with Crippen molar-refractivity contribution in [3.8, 4) is 0 Å². The minimum atomic E-state index is 0. The maximum atomic E-state index is 4.93. The first kappa shape index (κ1) is 25.6. The van der Waals surface area contributed by atoms with Gasteiger partial charge in [0.2, 0.25) is 0 Å². The summed E-state index contributed by atoms with van der Waals surface area (Å²) in [5.41, 5.74) is 2.22. The van der Waals surface area contributed by atoms with E-state index in [0.717, 1.165) is 42.8 Å². The number of piperidine rings is 1. The third kappa shape index (κ3) is 7.49. The molecule has 2 aromatic rings. The highest BCUT2D eigenvalue weighted by Crippen LogP contribution is 2.23. The lowest BCUT2D eigenvalue weighted by atomic mass is 10.0. The molecule has 1 aromatic carbocycles. The number of hydrogen-bond acceptors (Lipinski definition) is 4. The number of hydrogen-bond donors (Lipinski definition) is 2. The van der Waals surface area contributed by atoms with E-state index < -0.39 is 0 Å². The number of nitrogens with zero attached hydrogens (tertiary/aromatic N) is 4. The third-order valence-corrected chi connectivity index (χ3v) is 5.55. The van der Waals surface area contributed by atoms with Gasteiger partial charge in [-0.2, -0.15) is 0 Å². The van der Waals surface area contributed by atoms with Gasteiger partial charge in [0.25, 0.3) is 0 Å². The molecule has 172 valence electrons. The number of likely N-dealkylation sites (tertiary alicyclic amines) is 1. The summed E-state index contributed by atoms with van der Waals surface area (Å²) in [6.45, 7) is 11.7. The summed E-state index contributed by atoms with van der Waals surface area (Å²) >= 11 is 0. The number of benzene rings is 1. The Kier molecular flexibility index (Phi) is 10.3. The zero-order chi connectivity index (χ0) is 21.5. The van der Waals surface area contributed by atoms with Gasteiger partial charge in [-0.05, 0) is 43.4 Å². The molecule has 1 fully saturated rings. The van der Waals surface area contributed by atoms with Crippen LogP contribution in [0.25, 0.3) is 10.9 Å². The number of halogens is 1. The summed E-state index contributed by atoms with van der Waals surface area (Å²) in [6.07, 6.45) is 2.33.